The summed E-state index contributed by atoms with van der Waals surface area (Å²) in [4.78, 5) is 9.75. The highest BCUT2D eigenvalue weighted by molar-refractivity contribution is 7.80. The average Bonchev–Trinajstić information content (AvgIpc) is 2.53. The lowest BCUT2D eigenvalue weighted by molar-refractivity contribution is 0.219. The normalized spacial score (nSPS) is 17.5. The van der Waals surface area contributed by atoms with E-state index < -0.39 is 0 Å². The van der Waals surface area contributed by atoms with E-state index in [1.807, 2.05) is 12.1 Å². The first-order chi connectivity index (χ1) is 10.2. The minimum absolute atomic E-state index is 0.232. The molecule has 2 N–H and O–H groups in total. The third-order valence-electron chi connectivity index (χ3n) is 3.93. The van der Waals surface area contributed by atoms with E-state index in [4.69, 9.17) is 22.7 Å². The maximum atomic E-state index is 5.88. The summed E-state index contributed by atoms with van der Waals surface area (Å²) in [5.74, 6) is 1.78. The molecule has 2 heterocycles. The van der Waals surface area contributed by atoms with Crippen LogP contribution >= 0.6 is 12.2 Å². The number of methoxy groups -OCH3 is 1. The molecule has 0 aliphatic carbocycles. The average molecular weight is 308 g/mol. The number of pyridine rings is 1. The van der Waals surface area contributed by atoms with Gasteiger partial charge in [-0.05, 0) is 18.6 Å². The van der Waals surface area contributed by atoms with Crippen LogP contribution in [0.15, 0.2) is 18.3 Å². The molecule has 1 atom stereocenters. The Morgan fingerprint density at radius 1 is 1.38 bits per heavy atom. The van der Waals surface area contributed by atoms with Gasteiger partial charge in [0.05, 0.1) is 24.3 Å². The van der Waals surface area contributed by atoms with Crippen molar-refractivity contribution >= 4 is 23.0 Å². The summed E-state index contributed by atoms with van der Waals surface area (Å²) < 4.78 is 5.14. The number of anilines is 1. The molecule has 1 aliphatic heterocycles. The molecule has 21 heavy (non-hydrogen) atoms. The third kappa shape index (κ3) is 4.04. The maximum absolute atomic E-state index is 5.88. The van der Waals surface area contributed by atoms with E-state index in [-0.39, 0.29) is 6.04 Å². The van der Waals surface area contributed by atoms with Crippen LogP contribution in [0.4, 0.5) is 5.82 Å². The zero-order valence-corrected chi connectivity index (χ0v) is 13.6. The highest BCUT2D eigenvalue weighted by Crippen LogP contribution is 2.19. The van der Waals surface area contributed by atoms with Gasteiger partial charge < -0.3 is 15.4 Å². The maximum Gasteiger partial charge on any atom is 0.137 e. The number of piperazine rings is 1. The SMILES string of the molecule is CCCC(C(N)=S)N1CCN(c2ccc(OC)cn2)CC1. The highest BCUT2D eigenvalue weighted by atomic mass is 32.1. The summed E-state index contributed by atoms with van der Waals surface area (Å²) in [5, 5.41) is 0. The monoisotopic (exact) mass is 308 g/mol. The molecule has 1 aromatic heterocycles. The van der Waals surface area contributed by atoms with E-state index in [1.54, 1.807) is 13.3 Å². The van der Waals surface area contributed by atoms with Crippen molar-refractivity contribution in [1.82, 2.24) is 9.88 Å². The number of nitrogens with two attached hydrogens (primary N) is 1. The Morgan fingerprint density at radius 2 is 2.10 bits per heavy atom. The Hall–Kier alpha value is -1.40. The second kappa shape index (κ2) is 7.56. The van der Waals surface area contributed by atoms with Gasteiger partial charge in [0.15, 0.2) is 0 Å². The van der Waals surface area contributed by atoms with Crippen molar-refractivity contribution in [2.75, 3.05) is 38.2 Å². The van der Waals surface area contributed by atoms with Gasteiger partial charge >= 0.3 is 0 Å². The lowest BCUT2D eigenvalue weighted by Crippen LogP contribution is -2.53. The van der Waals surface area contributed by atoms with Gasteiger partial charge in [-0.15, -0.1) is 0 Å². The fourth-order valence-electron chi connectivity index (χ4n) is 2.72. The molecule has 0 bridgehead atoms. The van der Waals surface area contributed by atoms with E-state index in [0.717, 1.165) is 50.6 Å². The van der Waals surface area contributed by atoms with Crippen LogP contribution in [0.3, 0.4) is 0 Å². The van der Waals surface area contributed by atoms with Crippen molar-refractivity contribution in [1.29, 1.82) is 0 Å². The molecule has 0 spiro atoms. The zero-order chi connectivity index (χ0) is 15.2. The van der Waals surface area contributed by atoms with Crippen LogP contribution in [-0.4, -0.2) is 54.2 Å². The zero-order valence-electron chi connectivity index (χ0n) is 12.8. The number of ether oxygens (including phenoxy) is 1. The van der Waals surface area contributed by atoms with Gasteiger partial charge in [0.2, 0.25) is 0 Å². The lowest BCUT2D eigenvalue weighted by Gasteiger charge is -2.39. The number of nitrogens with zero attached hydrogens (tertiary/aromatic N) is 3. The van der Waals surface area contributed by atoms with Crippen LogP contribution in [0, 0.1) is 0 Å². The Bertz CT molecular complexity index is 457. The molecule has 116 valence electrons. The van der Waals surface area contributed by atoms with Crippen molar-refractivity contribution in [2.24, 2.45) is 5.73 Å². The molecule has 2 rings (SSSR count). The topological polar surface area (TPSA) is 54.6 Å². The van der Waals surface area contributed by atoms with Crippen molar-refractivity contribution in [3.05, 3.63) is 18.3 Å². The molecule has 1 aromatic rings. The molecule has 0 amide bonds. The predicted octanol–water partition coefficient (Wildman–Crippen LogP) is 1.67. The molecule has 1 aliphatic rings. The quantitative estimate of drug-likeness (QED) is 0.807. The first kappa shape index (κ1) is 16.0. The molecular weight excluding hydrogens is 284 g/mol. The third-order valence-corrected chi connectivity index (χ3v) is 4.20. The van der Waals surface area contributed by atoms with Gasteiger partial charge in [-0.1, -0.05) is 25.6 Å². The largest absolute Gasteiger partial charge is 0.495 e. The summed E-state index contributed by atoms with van der Waals surface area (Å²) in [7, 11) is 1.65. The Morgan fingerprint density at radius 3 is 2.57 bits per heavy atom. The summed E-state index contributed by atoms with van der Waals surface area (Å²) in [6.07, 6.45) is 3.90. The van der Waals surface area contributed by atoms with E-state index in [9.17, 15) is 0 Å². The Balaban J connectivity index is 1.94. The molecule has 0 aromatic carbocycles. The van der Waals surface area contributed by atoms with E-state index in [2.05, 4.69) is 21.7 Å². The van der Waals surface area contributed by atoms with Crippen LogP contribution < -0.4 is 15.4 Å². The number of hydrogen-bond acceptors (Lipinski definition) is 5. The number of thiocarbonyl (C=S) groups is 1. The van der Waals surface area contributed by atoms with Gasteiger partial charge in [0.1, 0.15) is 11.6 Å². The van der Waals surface area contributed by atoms with Crippen LogP contribution in [0.5, 0.6) is 5.75 Å². The van der Waals surface area contributed by atoms with Crippen molar-refractivity contribution in [3.63, 3.8) is 0 Å². The second-order valence-corrected chi connectivity index (χ2v) is 5.76. The fourth-order valence-corrected chi connectivity index (χ4v) is 2.99. The van der Waals surface area contributed by atoms with Crippen molar-refractivity contribution in [3.8, 4) is 5.75 Å². The Kier molecular flexibility index (Phi) is 5.76. The van der Waals surface area contributed by atoms with Gasteiger partial charge in [0, 0.05) is 26.2 Å². The molecular formula is C15H24N4OS. The molecule has 5 nitrogen and oxygen atoms in total. The molecule has 1 saturated heterocycles. The van der Waals surface area contributed by atoms with Crippen LogP contribution in [-0.2, 0) is 0 Å². The lowest BCUT2D eigenvalue weighted by atomic mass is 10.1. The molecule has 6 heteroatoms. The van der Waals surface area contributed by atoms with E-state index in [1.165, 1.54) is 0 Å². The summed E-state index contributed by atoms with van der Waals surface area (Å²) >= 11 is 5.21. The van der Waals surface area contributed by atoms with Crippen molar-refractivity contribution in [2.45, 2.75) is 25.8 Å². The Labute approximate surface area is 132 Å². The predicted molar refractivity (Wildman–Crippen MR) is 90.1 cm³/mol. The van der Waals surface area contributed by atoms with Crippen molar-refractivity contribution < 1.29 is 4.74 Å². The van der Waals surface area contributed by atoms with Gasteiger partial charge in [-0.2, -0.15) is 0 Å². The van der Waals surface area contributed by atoms with E-state index in [0.29, 0.717) is 4.99 Å². The minimum atomic E-state index is 0.232. The van der Waals surface area contributed by atoms with E-state index >= 15 is 0 Å². The molecule has 0 saturated carbocycles. The van der Waals surface area contributed by atoms with Gasteiger partial charge in [-0.3, -0.25) is 4.90 Å². The molecule has 0 radical (unpaired) electrons. The number of rotatable bonds is 6. The van der Waals surface area contributed by atoms with Crippen LogP contribution in [0.2, 0.25) is 0 Å². The van der Waals surface area contributed by atoms with Gasteiger partial charge in [-0.25, -0.2) is 4.98 Å². The smallest absolute Gasteiger partial charge is 0.137 e. The van der Waals surface area contributed by atoms with Crippen LogP contribution in [0.25, 0.3) is 0 Å². The number of aromatic nitrogens is 1. The first-order valence-electron chi connectivity index (χ1n) is 7.44. The van der Waals surface area contributed by atoms with Crippen LogP contribution in [0.1, 0.15) is 19.8 Å². The highest BCUT2D eigenvalue weighted by Gasteiger charge is 2.25. The molecule has 1 fully saturated rings. The molecule has 1 unspecified atom stereocenters. The summed E-state index contributed by atoms with van der Waals surface area (Å²) in [5.41, 5.74) is 5.88. The minimum Gasteiger partial charge on any atom is -0.495 e. The first-order valence-corrected chi connectivity index (χ1v) is 7.85. The summed E-state index contributed by atoms with van der Waals surface area (Å²) in [6, 6.07) is 4.19. The summed E-state index contributed by atoms with van der Waals surface area (Å²) in [6.45, 7) is 6.00. The number of hydrogen-bond donors (Lipinski definition) is 1. The van der Waals surface area contributed by atoms with Gasteiger partial charge in [0.25, 0.3) is 0 Å². The fraction of sp³-hybridized carbons (Fsp3) is 0.600. The second-order valence-electron chi connectivity index (χ2n) is 5.29. The standard InChI is InChI=1S/C15H24N4OS/c1-3-4-13(15(16)21)18-7-9-19(10-8-18)14-6-5-12(20-2)11-17-14/h5-6,11,13H,3-4,7-10H2,1-2H3,(H2,16,21).